The number of nitrogens with one attached hydrogen (secondary N) is 1. The first-order valence-electron chi connectivity index (χ1n) is 6.80. The molecule has 2 atom stereocenters. The van der Waals surface area contributed by atoms with Crippen molar-refractivity contribution in [3.05, 3.63) is 18.2 Å². The van der Waals surface area contributed by atoms with Gasteiger partial charge in [-0.25, -0.2) is 0 Å². The second-order valence-corrected chi connectivity index (χ2v) is 5.44. The van der Waals surface area contributed by atoms with Crippen LogP contribution in [0.15, 0.2) is 18.2 Å². The van der Waals surface area contributed by atoms with Gasteiger partial charge in [-0.15, -0.1) is 0 Å². The number of hydrogen-bond donors (Lipinski definition) is 2. The van der Waals surface area contributed by atoms with E-state index in [-0.39, 0.29) is 11.9 Å². The maximum Gasteiger partial charge on any atom is 0.231 e. The zero-order valence-electron chi connectivity index (χ0n) is 12.2. The van der Waals surface area contributed by atoms with Crippen LogP contribution in [0.2, 0.25) is 0 Å². The number of nitrogens with two attached hydrogens (primary N) is 1. The topological polar surface area (TPSA) is 73.6 Å². The number of carbonyl (C=O) groups excluding carboxylic acids is 1. The highest BCUT2D eigenvalue weighted by atomic mass is 16.5. The van der Waals surface area contributed by atoms with Crippen molar-refractivity contribution in [3.63, 3.8) is 0 Å². The van der Waals surface area contributed by atoms with Crippen molar-refractivity contribution in [2.75, 3.05) is 19.5 Å². The number of methoxy groups -OCH3 is 2. The molecule has 5 heteroatoms. The van der Waals surface area contributed by atoms with Crippen LogP contribution in [0.5, 0.6) is 11.5 Å². The van der Waals surface area contributed by atoms with Gasteiger partial charge in [0.15, 0.2) is 11.5 Å². The molecule has 1 aromatic carbocycles. The molecule has 0 aliphatic heterocycles. The van der Waals surface area contributed by atoms with E-state index < -0.39 is 5.41 Å². The summed E-state index contributed by atoms with van der Waals surface area (Å²) < 4.78 is 10.4. The zero-order valence-corrected chi connectivity index (χ0v) is 12.2. The molecule has 20 heavy (non-hydrogen) atoms. The summed E-state index contributed by atoms with van der Waals surface area (Å²) in [7, 11) is 3.15. The maximum absolute atomic E-state index is 12.4. The molecule has 1 aliphatic carbocycles. The van der Waals surface area contributed by atoms with Gasteiger partial charge in [-0.05, 0) is 31.9 Å². The molecule has 1 amide bonds. The SMILES string of the molecule is COc1ccc(NC(=O)C2(C)CCCC2N)cc1OC. The maximum atomic E-state index is 12.4. The van der Waals surface area contributed by atoms with Crippen molar-refractivity contribution < 1.29 is 14.3 Å². The minimum Gasteiger partial charge on any atom is -0.493 e. The molecule has 0 radical (unpaired) electrons. The van der Waals surface area contributed by atoms with Gasteiger partial charge in [0.05, 0.1) is 19.6 Å². The summed E-state index contributed by atoms with van der Waals surface area (Å²) in [6, 6.07) is 5.23. The lowest BCUT2D eigenvalue weighted by molar-refractivity contribution is -0.125. The van der Waals surface area contributed by atoms with Crippen molar-refractivity contribution in [2.24, 2.45) is 11.1 Å². The van der Waals surface area contributed by atoms with Gasteiger partial charge < -0.3 is 20.5 Å². The Morgan fingerprint density at radius 3 is 2.60 bits per heavy atom. The summed E-state index contributed by atoms with van der Waals surface area (Å²) in [5.74, 6) is 1.19. The quantitative estimate of drug-likeness (QED) is 0.885. The van der Waals surface area contributed by atoms with E-state index in [0.717, 1.165) is 19.3 Å². The molecular weight excluding hydrogens is 256 g/mol. The van der Waals surface area contributed by atoms with Gasteiger partial charge in [-0.1, -0.05) is 6.42 Å². The van der Waals surface area contributed by atoms with Crippen LogP contribution in [0, 0.1) is 5.41 Å². The Labute approximate surface area is 119 Å². The minimum absolute atomic E-state index is 0.0327. The number of amides is 1. The lowest BCUT2D eigenvalue weighted by atomic mass is 9.84. The van der Waals surface area contributed by atoms with Crippen molar-refractivity contribution in [1.29, 1.82) is 0 Å². The first-order valence-corrected chi connectivity index (χ1v) is 6.80. The second kappa shape index (κ2) is 5.71. The first-order chi connectivity index (χ1) is 9.51. The molecule has 3 N–H and O–H groups in total. The van der Waals surface area contributed by atoms with Gasteiger partial charge >= 0.3 is 0 Å². The van der Waals surface area contributed by atoms with E-state index in [2.05, 4.69) is 5.32 Å². The molecule has 5 nitrogen and oxygen atoms in total. The van der Waals surface area contributed by atoms with Crippen LogP contribution in [0.1, 0.15) is 26.2 Å². The summed E-state index contributed by atoms with van der Waals surface area (Å²) in [5.41, 5.74) is 6.26. The highest BCUT2D eigenvalue weighted by Crippen LogP contribution is 2.38. The van der Waals surface area contributed by atoms with Gasteiger partial charge in [0, 0.05) is 17.8 Å². The molecule has 1 fully saturated rings. The van der Waals surface area contributed by atoms with E-state index in [1.165, 1.54) is 0 Å². The number of ether oxygens (including phenoxy) is 2. The standard InChI is InChI=1S/C15H22N2O3/c1-15(8-4-5-13(15)16)14(18)17-10-6-7-11(19-2)12(9-10)20-3/h6-7,9,13H,4-5,8,16H2,1-3H3,(H,17,18). The lowest BCUT2D eigenvalue weighted by Crippen LogP contribution is -2.44. The van der Waals surface area contributed by atoms with Crippen molar-refractivity contribution in [3.8, 4) is 11.5 Å². The fraction of sp³-hybridized carbons (Fsp3) is 0.533. The second-order valence-electron chi connectivity index (χ2n) is 5.44. The van der Waals surface area contributed by atoms with E-state index >= 15 is 0 Å². The van der Waals surface area contributed by atoms with E-state index in [4.69, 9.17) is 15.2 Å². The monoisotopic (exact) mass is 278 g/mol. The molecule has 0 saturated heterocycles. The number of anilines is 1. The van der Waals surface area contributed by atoms with Gasteiger partial charge in [0.25, 0.3) is 0 Å². The number of hydrogen-bond acceptors (Lipinski definition) is 4. The summed E-state index contributed by atoms with van der Waals surface area (Å²) in [6.45, 7) is 1.93. The Bertz CT molecular complexity index is 504. The fourth-order valence-electron chi connectivity index (χ4n) is 2.66. The average Bonchev–Trinajstić information content (AvgIpc) is 2.79. The molecule has 0 spiro atoms. The Balaban J connectivity index is 2.16. The molecule has 110 valence electrons. The predicted octanol–water partition coefficient (Wildman–Crippen LogP) is 2.16. The van der Waals surface area contributed by atoms with E-state index in [1.807, 2.05) is 6.92 Å². The molecule has 0 aromatic heterocycles. The largest absolute Gasteiger partial charge is 0.493 e. The van der Waals surface area contributed by atoms with E-state index in [0.29, 0.717) is 17.2 Å². The predicted molar refractivity (Wildman–Crippen MR) is 78.1 cm³/mol. The Morgan fingerprint density at radius 1 is 1.35 bits per heavy atom. The minimum atomic E-state index is -0.493. The Hall–Kier alpha value is -1.75. The molecular formula is C15H22N2O3. The molecule has 2 rings (SSSR count). The van der Waals surface area contributed by atoms with Crippen molar-refractivity contribution >= 4 is 11.6 Å². The lowest BCUT2D eigenvalue weighted by Gasteiger charge is -2.27. The average molecular weight is 278 g/mol. The Morgan fingerprint density at radius 2 is 2.05 bits per heavy atom. The molecule has 1 saturated carbocycles. The highest BCUT2D eigenvalue weighted by Gasteiger charge is 2.42. The van der Waals surface area contributed by atoms with Crippen LogP contribution in [0.25, 0.3) is 0 Å². The fourth-order valence-corrected chi connectivity index (χ4v) is 2.66. The molecule has 0 heterocycles. The zero-order chi connectivity index (χ0) is 14.8. The third kappa shape index (κ3) is 2.58. The summed E-state index contributed by atoms with van der Waals surface area (Å²) in [6.07, 6.45) is 2.72. The summed E-state index contributed by atoms with van der Waals surface area (Å²) >= 11 is 0. The molecule has 2 unspecified atom stereocenters. The van der Waals surface area contributed by atoms with Crippen LogP contribution in [-0.2, 0) is 4.79 Å². The van der Waals surface area contributed by atoms with Crippen LogP contribution >= 0.6 is 0 Å². The first kappa shape index (κ1) is 14.7. The molecule has 1 aliphatic rings. The normalized spacial score (nSPS) is 25.3. The van der Waals surface area contributed by atoms with Crippen molar-refractivity contribution in [1.82, 2.24) is 0 Å². The Kier molecular flexibility index (Phi) is 4.18. The number of carbonyl (C=O) groups is 1. The molecule has 0 bridgehead atoms. The van der Waals surface area contributed by atoms with E-state index in [9.17, 15) is 4.79 Å². The third-order valence-electron chi connectivity index (χ3n) is 4.19. The van der Waals surface area contributed by atoms with E-state index in [1.54, 1.807) is 32.4 Å². The third-order valence-corrected chi connectivity index (χ3v) is 4.19. The molecule has 1 aromatic rings. The smallest absolute Gasteiger partial charge is 0.231 e. The van der Waals surface area contributed by atoms with Crippen LogP contribution < -0.4 is 20.5 Å². The van der Waals surface area contributed by atoms with Crippen LogP contribution in [-0.4, -0.2) is 26.2 Å². The van der Waals surface area contributed by atoms with Gasteiger partial charge in [0.1, 0.15) is 0 Å². The number of rotatable bonds is 4. The van der Waals surface area contributed by atoms with Gasteiger partial charge in [-0.3, -0.25) is 4.79 Å². The van der Waals surface area contributed by atoms with Crippen molar-refractivity contribution in [2.45, 2.75) is 32.2 Å². The number of benzene rings is 1. The van der Waals surface area contributed by atoms with Gasteiger partial charge in [-0.2, -0.15) is 0 Å². The van der Waals surface area contributed by atoms with Crippen LogP contribution in [0.4, 0.5) is 5.69 Å². The summed E-state index contributed by atoms with van der Waals surface area (Å²) in [5, 5.41) is 2.93. The summed E-state index contributed by atoms with van der Waals surface area (Å²) in [4.78, 5) is 12.4. The van der Waals surface area contributed by atoms with Crippen LogP contribution in [0.3, 0.4) is 0 Å². The van der Waals surface area contributed by atoms with Gasteiger partial charge in [0.2, 0.25) is 5.91 Å². The highest BCUT2D eigenvalue weighted by molar-refractivity contribution is 5.96.